The van der Waals surface area contributed by atoms with E-state index in [2.05, 4.69) is 41.3 Å². The molecule has 2 aromatic rings. The van der Waals surface area contributed by atoms with Crippen LogP contribution in [0, 0.1) is 3.57 Å². The highest BCUT2D eigenvalue weighted by molar-refractivity contribution is 14.1. The lowest BCUT2D eigenvalue weighted by Gasteiger charge is -2.10. The molecule has 0 aliphatic rings. The highest BCUT2D eigenvalue weighted by Gasteiger charge is 2.01. The standard InChI is InChI=1S/C16H15IO/c1-13(11-14-7-3-2-4-8-14)12-18-16-10-6-5-9-15(16)17/h2-10H,1,11-12H2. The first kappa shape index (κ1) is 13.1. The quantitative estimate of drug-likeness (QED) is 0.571. The Labute approximate surface area is 122 Å². The van der Waals surface area contributed by atoms with E-state index in [1.54, 1.807) is 0 Å². The minimum absolute atomic E-state index is 0.564. The highest BCUT2D eigenvalue weighted by Crippen LogP contribution is 2.20. The van der Waals surface area contributed by atoms with Gasteiger partial charge < -0.3 is 4.74 Å². The lowest BCUT2D eigenvalue weighted by atomic mass is 10.1. The zero-order valence-electron chi connectivity index (χ0n) is 10.1. The maximum absolute atomic E-state index is 5.76. The summed E-state index contributed by atoms with van der Waals surface area (Å²) in [4.78, 5) is 0. The summed E-state index contributed by atoms with van der Waals surface area (Å²) < 4.78 is 6.89. The molecule has 0 heterocycles. The molecule has 0 radical (unpaired) electrons. The zero-order valence-corrected chi connectivity index (χ0v) is 12.3. The smallest absolute Gasteiger partial charge is 0.133 e. The Morgan fingerprint density at radius 1 is 1.00 bits per heavy atom. The third-order valence-electron chi connectivity index (χ3n) is 2.57. The van der Waals surface area contributed by atoms with Gasteiger partial charge in [0.05, 0.1) is 3.57 Å². The maximum atomic E-state index is 5.76. The fourth-order valence-corrected chi connectivity index (χ4v) is 2.22. The van der Waals surface area contributed by atoms with Crippen molar-refractivity contribution < 1.29 is 4.74 Å². The summed E-state index contributed by atoms with van der Waals surface area (Å²) in [7, 11) is 0. The number of benzene rings is 2. The second-order valence-corrected chi connectivity index (χ2v) is 5.29. The van der Waals surface area contributed by atoms with Crippen LogP contribution in [0.2, 0.25) is 0 Å². The molecule has 92 valence electrons. The Hall–Kier alpha value is -1.29. The maximum Gasteiger partial charge on any atom is 0.133 e. The van der Waals surface area contributed by atoms with Crippen LogP contribution < -0.4 is 4.74 Å². The molecule has 2 rings (SSSR count). The van der Waals surface area contributed by atoms with Gasteiger partial charge in [0.1, 0.15) is 12.4 Å². The third-order valence-corrected chi connectivity index (χ3v) is 3.46. The van der Waals surface area contributed by atoms with Crippen molar-refractivity contribution in [2.75, 3.05) is 6.61 Å². The third kappa shape index (κ3) is 3.88. The van der Waals surface area contributed by atoms with Gasteiger partial charge in [0.25, 0.3) is 0 Å². The minimum Gasteiger partial charge on any atom is -0.488 e. The lowest BCUT2D eigenvalue weighted by molar-refractivity contribution is 0.347. The first-order chi connectivity index (χ1) is 8.75. The molecular weight excluding hydrogens is 335 g/mol. The summed E-state index contributed by atoms with van der Waals surface area (Å²) in [6.45, 7) is 4.63. The minimum atomic E-state index is 0.564. The first-order valence-corrected chi connectivity index (χ1v) is 6.91. The van der Waals surface area contributed by atoms with E-state index >= 15 is 0 Å². The normalized spacial score (nSPS) is 10.1. The Kier molecular flexibility index (Phi) is 4.81. The van der Waals surface area contributed by atoms with E-state index < -0.39 is 0 Å². The number of rotatable bonds is 5. The van der Waals surface area contributed by atoms with Gasteiger partial charge >= 0.3 is 0 Å². The zero-order chi connectivity index (χ0) is 12.8. The van der Waals surface area contributed by atoms with Crippen LogP contribution in [0.25, 0.3) is 0 Å². The number of ether oxygens (including phenoxy) is 1. The van der Waals surface area contributed by atoms with Gasteiger partial charge in [-0.3, -0.25) is 0 Å². The molecule has 0 aliphatic carbocycles. The van der Waals surface area contributed by atoms with E-state index in [1.165, 1.54) is 5.56 Å². The van der Waals surface area contributed by atoms with Gasteiger partial charge in [0, 0.05) is 0 Å². The van der Waals surface area contributed by atoms with Crippen LogP contribution in [0.3, 0.4) is 0 Å². The summed E-state index contributed by atoms with van der Waals surface area (Å²) in [5.74, 6) is 0.923. The summed E-state index contributed by atoms with van der Waals surface area (Å²) >= 11 is 2.28. The summed E-state index contributed by atoms with van der Waals surface area (Å²) in [6, 6.07) is 18.3. The number of hydrogen-bond acceptors (Lipinski definition) is 1. The van der Waals surface area contributed by atoms with Crippen LogP contribution in [0.5, 0.6) is 5.75 Å². The first-order valence-electron chi connectivity index (χ1n) is 5.83. The summed E-state index contributed by atoms with van der Waals surface area (Å²) in [5, 5.41) is 0. The molecule has 2 heteroatoms. The van der Waals surface area contributed by atoms with E-state index in [0.29, 0.717) is 6.61 Å². The van der Waals surface area contributed by atoms with Crippen LogP contribution in [-0.4, -0.2) is 6.61 Å². The van der Waals surface area contributed by atoms with Crippen LogP contribution >= 0.6 is 22.6 Å². The molecule has 18 heavy (non-hydrogen) atoms. The molecule has 0 saturated carbocycles. The predicted molar refractivity (Wildman–Crippen MR) is 83.9 cm³/mol. The largest absolute Gasteiger partial charge is 0.488 e. The molecule has 0 amide bonds. The van der Waals surface area contributed by atoms with Crippen molar-refractivity contribution in [3.8, 4) is 5.75 Å². The lowest BCUT2D eigenvalue weighted by Crippen LogP contribution is -2.03. The Bertz CT molecular complexity index is 520. The van der Waals surface area contributed by atoms with E-state index in [9.17, 15) is 0 Å². The van der Waals surface area contributed by atoms with Crippen LogP contribution in [0.4, 0.5) is 0 Å². The fourth-order valence-electron chi connectivity index (χ4n) is 1.68. The fraction of sp³-hybridized carbons (Fsp3) is 0.125. The van der Waals surface area contributed by atoms with Crippen molar-refractivity contribution in [2.45, 2.75) is 6.42 Å². The molecule has 0 N–H and O–H groups in total. The average Bonchev–Trinajstić information content (AvgIpc) is 2.39. The van der Waals surface area contributed by atoms with Crippen molar-refractivity contribution in [3.05, 3.63) is 75.9 Å². The van der Waals surface area contributed by atoms with Gasteiger partial charge in [-0.25, -0.2) is 0 Å². The monoisotopic (exact) mass is 350 g/mol. The Balaban J connectivity index is 1.88. The SMILES string of the molecule is C=C(COc1ccccc1I)Cc1ccccc1. The van der Waals surface area contributed by atoms with Gasteiger partial charge in [-0.2, -0.15) is 0 Å². The van der Waals surface area contributed by atoms with Crippen molar-refractivity contribution in [1.29, 1.82) is 0 Å². The molecule has 0 atom stereocenters. The van der Waals surface area contributed by atoms with E-state index in [1.807, 2.05) is 42.5 Å². The molecule has 0 spiro atoms. The molecular formula is C16H15IO. The highest BCUT2D eigenvalue weighted by atomic mass is 127. The van der Waals surface area contributed by atoms with Gasteiger partial charge in [-0.15, -0.1) is 0 Å². The Morgan fingerprint density at radius 3 is 2.39 bits per heavy atom. The van der Waals surface area contributed by atoms with Crippen molar-refractivity contribution in [1.82, 2.24) is 0 Å². The van der Waals surface area contributed by atoms with Gasteiger partial charge in [0.2, 0.25) is 0 Å². The molecule has 0 unspecified atom stereocenters. The predicted octanol–water partition coefficient (Wildman–Crippen LogP) is 4.47. The number of para-hydroxylation sites is 1. The Morgan fingerprint density at radius 2 is 1.67 bits per heavy atom. The van der Waals surface area contributed by atoms with Crippen molar-refractivity contribution in [3.63, 3.8) is 0 Å². The molecule has 1 nitrogen and oxygen atoms in total. The van der Waals surface area contributed by atoms with Crippen LogP contribution in [-0.2, 0) is 6.42 Å². The summed E-state index contributed by atoms with van der Waals surface area (Å²) in [6.07, 6.45) is 0.865. The van der Waals surface area contributed by atoms with Gasteiger partial charge in [-0.1, -0.05) is 49.0 Å². The van der Waals surface area contributed by atoms with Gasteiger partial charge in [-0.05, 0) is 52.3 Å². The van der Waals surface area contributed by atoms with Crippen molar-refractivity contribution >= 4 is 22.6 Å². The van der Waals surface area contributed by atoms with Gasteiger partial charge in [0.15, 0.2) is 0 Å². The molecule has 0 saturated heterocycles. The van der Waals surface area contributed by atoms with Crippen molar-refractivity contribution in [2.24, 2.45) is 0 Å². The second kappa shape index (κ2) is 6.59. The van der Waals surface area contributed by atoms with Crippen LogP contribution in [0.15, 0.2) is 66.7 Å². The van der Waals surface area contributed by atoms with E-state index in [4.69, 9.17) is 4.74 Å². The average molecular weight is 350 g/mol. The molecule has 2 aromatic carbocycles. The van der Waals surface area contributed by atoms with Crippen LogP contribution in [0.1, 0.15) is 5.56 Å². The molecule has 0 aromatic heterocycles. The topological polar surface area (TPSA) is 9.23 Å². The second-order valence-electron chi connectivity index (χ2n) is 4.13. The molecule has 0 bridgehead atoms. The van der Waals surface area contributed by atoms with E-state index in [0.717, 1.165) is 21.3 Å². The molecule has 0 fully saturated rings. The molecule has 0 aliphatic heterocycles. The summed E-state index contributed by atoms with van der Waals surface area (Å²) in [5.41, 5.74) is 2.36. The number of hydrogen-bond donors (Lipinski definition) is 0. The van der Waals surface area contributed by atoms with E-state index in [-0.39, 0.29) is 0 Å². The number of halogens is 1.